The lowest BCUT2D eigenvalue weighted by Gasteiger charge is -2.52. The molecule has 2 rings (SSSR count). The first-order valence-corrected chi connectivity index (χ1v) is 7.60. The van der Waals surface area contributed by atoms with Gasteiger partial charge < -0.3 is 25.2 Å². The number of hydrogen-bond donors (Lipinski definition) is 3. The van der Waals surface area contributed by atoms with Crippen molar-refractivity contribution in [3.05, 3.63) is 0 Å². The Morgan fingerprint density at radius 1 is 1.48 bits per heavy atom. The molecule has 120 valence electrons. The van der Waals surface area contributed by atoms with Crippen molar-refractivity contribution in [3.8, 4) is 0 Å². The second-order valence-corrected chi connectivity index (χ2v) is 5.54. The van der Waals surface area contributed by atoms with Crippen LogP contribution in [0.25, 0.3) is 0 Å². The maximum absolute atomic E-state index is 11.8. The van der Waals surface area contributed by atoms with Gasteiger partial charge in [-0.3, -0.25) is 4.79 Å². The Hall–Kier alpha value is -1.34. The summed E-state index contributed by atoms with van der Waals surface area (Å²) < 4.78 is 11.6. The van der Waals surface area contributed by atoms with E-state index in [1.807, 2.05) is 6.92 Å². The largest absolute Gasteiger partial charge is 0.481 e. The molecule has 0 bridgehead atoms. The molecule has 1 saturated carbocycles. The first-order valence-electron chi connectivity index (χ1n) is 7.60. The Labute approximate surface area is 124 Å². The summed E-state index contributed by atoms with van der Waals surface area (Å²) in [5.74, 6) is -0.853. The zero-order valence-electron chi connectivity index (χ0n) is 12.4. The van der Waals surface area contributed by atoms with E-state index in [1.165, 1.54) is 0 Å². The summed E-state index contributed by atoms with van der Waals surface area (Å²) in [6.45, 7) is 3.66. The average Bonchev–Trinajstić information content (AvgIpc) is 2.95. The van der Waals surface area contributed by atoms with E-state index in [0.29, 0.717) is 26.2 Å². The molecule has 2 aliphatic rings. The third-order valence-corrected chi connectivity index (χ3v) is 4.19. The van der Waals surface area contributed by atoms with Crippen LogP contribution in [0.3, 0.4) is 0 Å². The molecule has 0 aromatic heterocycles. The van der Waals surface area contributed by atoms with Crippen molar-refractivity contribution in [2.45, 2.75) is 56.8 Å². The van der Waals surface area contributed by atoms with Crippen LogP contribution in [0.5, 0.6) is 0 Å². The van der Waals surface area contributed by atoms with Gasteiger partial charge in [-0.1, -0.05) is 0 Å². The minimum absolute atomic E-state index is 0.0315. The zero-order chi connectivity index (χ0) is 15.3. The molecule has 21 heavy (non-hydrogen) atoms. The van der Waals surface area contributed by atoms with Gasteiger partial charge in [-0.25, -0.2) is 4.79 Å². The van der Waals surface area contributed by atoms with Gasteiger partial charge in [0.05, 0.1) is 12.1 Å². The highest BCUT2D eigenvalue weighted by Crippen LogP contribution is 2.45. The zero-order valence-corrected chi connectivity index (χ0v) is 12.4. The molecule has 1 spiro atoms. The van der Waals surface area contributed by atoms with Crippen molar-refractivity contribution in [3.63, 3.8) is 0 Å². The Morgan fingerprint density at radius 3 is 2.90 bits per heavy atom. The second-order valence-electron chi connectivity index (χ2n) is 5.54. The third-order valence-electron chi connectivity index (χ3n) is 4.19. The number of hydrogen-bond acceptors (Lipinski definition) is 4. The van der Waals surface area contributed by atoms with Crippen molar-refractivity contribution in [2.75, 3.05) is 19.8 Å². The lowest BCUT2D eigenvalue weighted by molar-refractivity contribution is -0.194. The molecular formula is C14H24N2O5. The van der Waals surface area contributed by atoms with E-state index in [0.717, 1.165) is 19.3 Å². The summed E-state index contributed by atoms with van der Waals surface area (Å²) >= 11 is 0. The molecule has 0 radical (unpaired) electrons. The Balaban J connectivity index is 1.75. The van der Waals surface area contributed by atoms with Crippen LogP contribution in [-0.2, 0) is 14.3 Å². The fraction of sp³-hybridized carbons (Fsp3) is 0.857. The van der Waals surface area contributed by atoms with Crippen LogP contribution in [0.15, 0.2) is 0 Å². The Kier molecular flexibility index (Phi) is 5.41. The minimum atomic E-state index is -0.853. The maximum atomic E-state index is 11.8. The predicted molar refractivity (Wildman–Crippen MR) is 75.1 cm³/mol. The number of carboxylic acids is 1. The number of urea groups is 1. The van der Waals surface area contributed by atoms with Crippen LogP contribution in [0.1, 0.15) is 39.0 Å². The van der Waals surface area contributed by atoms with Gasteiger partial charge in [-0.05, 0) is 32.6 Å². The van der Waals surface area contributed by atoms with Gasteiger partial charge in [-0.15, -0.1) is 0 Å². The SMILES string of the molecule is CCOC1CC(NC(=O)NCCCC(=O)O)C12CCCO2. The number of aliphatic carboxylic acids is 1. The van der Waals surface area contributed by atoms with E-state index >= 15 is 0 Å². The molecule has 7 heteroatoms. The molecule has 1 saturated heterocycles. The number of carbonyl (C=O) groups is 2. The fourth-order valence-corrected chi connectivity index (χ4v) is 3.13. The molecule has 1 aliphatic carbocycles. The van der Waals surface area contributed by atoms with Crippen LogP contribution in [0, 0.1) is 0 Å². The van der Waals surface area contributed by atoms with Crippen LogP contribution in [-0.4, -0.2) is 54.6 Å². The van der Waals surface area contributed by atoms with Crippen molar-refractivity contribution in [2.24, 2.45) is 0 Å². The highest BCUT2D eigenvalue weighted by atomic mass is 16.6. The molecule has 1 aliphatic heterocycles. The molecule has 0 aromatic rings. The lowest BCUT2D eigenvalue weighted by atomic mass is 9.70. The molecular weight excluding hydrogens is 276 g/mol. The van der Waals surface area contributed by atoms with E-state index in [4.69, 9.17) is 14.6 Å². The summed E-state index contributed by atoms with van der Waals surface area (Å²) in [4.78, 5) is 22.2. The van der Waals surface area contributed by atoms with Crippen LogP contribution in [0.4, 0.5) is 4.79 Å². The van der Waals surface area contributed by atoms with Gasteiger partial charge in [0.15, 0.2) is 0 Å². The summed E-state index contributed by atoms with van der Waals surface area (Å²) in [6, 6.07) is -0.300. The number of carbonyl (C=O) groups excluding carboxylic acids is 1. The second kappa shape index (κ2) is 7.09. The van der Waals surface area contributed by atoms with Crippen molar-refractivity contribution >= 4 is 12.0 Å². The minimum Gasteiger partial charge on any atom is -0.481 e. The number of rotatable bonds is 7. The van der Waals surface area contributed by atoms with Gasteiger partial charge in [0.2, 0.25) is 0 Å². The molecule has 2 amide bonds. The van der Waals surface area contributed by atoms with Crippen molar-refractivity contribution < 1.29 is 24.2 Å². The molecule has 3 unspecified atom stereocenters. The van der Waals surface area contributed by atoms with E-state index < -0.39 is 5.97 Å². The van der Waals surface area contributed by atoms with E-state index in [9.17, 15) is 9.59 Å². The first-order chi connectivity index (χ1) is 10.1. The number of ether oxygens (including phenoxy) is 2. The van der Waals surface area contributed by atoms with Gasteiger partial charge in [0.25, 0.3) is 0 Å². The summed E-state index contributed by atoms with van der Waals surface area (Å²) in [5.41, 5.74) is -0.367. The third kappa shape index (κ3) is 3.65. The predicted octanol–water partition coefficient (Wildman–Crippen LogP) is 0.877. The quantitative estimate of drug-likeness (QED) is 0.606. The monoisotopic (exact) mass is 300 g/mol. The fourth-order valence-electron chi connectivity index (χ4n) is 3.13. The van der Waals surface area contributed by atoms with Crippen LogP contribution < -0.4 is 10.6 Å². The normalized spacial score (nSPS) is 30.9. The summed E-state index contributed by atoms with van der Waals surface area (Å²) in [5, 5.41) is 14.1. The highest BCUT2D eigenvalue weighted by Gasteiger charge is 2.59. The molecule has 3 atom stereocenters. The summed E-state index contributed by atoms with van der Waals surface area (Å²) in [6.07, 6.45) is 3.20. The topological polar surface area (TPSA) is 96.9 Å². The van der Waals surface area contributed by atoms with Gasteiger partial charge in [0.1, 0.15) is 5.60 Å². The van der Waals surface area contributed by atoms with E-state index in [2.05, 4.69) is 10.6 Å². The number of amides is 2. The number of nitrogens with one attached hydrogen (secondary N) is 2. The molecule has 3 N–H and O–H groups in total. The van der Waals surface area contributed by atoms with Crippen LogP contribution >= 0.6 is 0 Å². The standard InChI is InChI=1S/C14H24N2O5/c1-2-20-11-9-10(14(11)6-4-8-21-14)16-13(19)15-7-3-5-12(17)18/h10-11H,2-9H2,1H3,(H,17,18)(H2,15,16,19). The number of carboxylic acid groups (broad SMARTS) is 1. The van der Waals surface area contributed by atoms with Crippen molar-refractivity contribution in [1.29, 1.82) is 0 Å². The van der Waals surface area contributed by atoms with Crippen molar-refractivity contribution in [1.82, 2.24) is 10.6 Å². The molecule has 7 nitrogen and oxygen atoms in total. The average molecular weight is 300 g/mol. The van der Waals surface area contributed by atoms with E-state index in [1.54, 1.807) is 0 Å². The molecule has 2 fully saturated rings. The molecule has 1 heterocycles. The highest BCUT2D eigenvalue weighted by molar-refractivity contribution is 5.74. The Bertz CT molecular complexity index is 382. The summed E-state index contributed by atoms with van der Waals surface area (Å²) in [7, 11) is 0. The smallest absolute Gasteiger partial charge is 0.315 e. The Morgan fingerprint density at radius 2 is 2.29 bits per heavy atom. The van der Waals surface area contributed by atoms with Gasteiger partial charge in [-0.2, -0.15) is 0 Å². The van der Waals surface area contributed by atoms with Gasteiger partial charge in [0, 0.05) is 26.2 Å². The first kappa shape index (κ1) is 16.0. The van der Waals surface area contributed by atoms with E-state index in [-0.39, 0.29) is 30.2 Å². The molecule has 0 aromatic carbocycles. The van der Waals surface area contributed by atoms with Gasteiger partial charge >= 0.3 is 12.0 Å². The van der Waals surface area contributed by atoms with Crippen LogP contribution in [0.2, 0.25) is 0 Å². The lowest BCUT2D eigenvalue weighted by Crippen LogP contribution is -2.70. The maximum Gasteiger partial charge on any atom is 0.315 e.